The first-order valence-corrected chi connectivity index (χ1v) is 5.35. The molecule has 3 rings (SSSR count). The van der Waals surface area contributed by atoms with Gasteiger partial charge in [-0.15, -0.1) is 0 Å². The van der Waals surface area contributed by atoms with Crippen LogP contribution in [0.5, 0.6) is 0 Å². The SMILES string of the molecule is Clc1ccccc1-c1noc(-c2ccco2)n1. The molecular weight excluding hydrogens is 240 g/mol. The van der Waals surface area contributed by atoms with Crippen LogP contribution in [0, 0.1) is 0 Å². The van der Waals surface area contributed by atoms with Crippen LogP contribution >= 0.6 is 11.6 Å². The molecule has 0 spiro atoms. The van der Waals surface area contributed by atoms with Gasteiger partial charge in [-0.3, -0.25) is 0 Å². The van der Waals surface area contributed by atoms with E-state index in [-0.39, 0.29) is 0 Å². The van der Waals surface area contributed by atoms with Crippen molar-refractivity contribution in [3.05, 3.63) is 47.7 Å². The van der Waals surface area contributed by atoms with E-state index in [0.717, 1.165) is 5.56 Å². The summed E-state index contributed by atoms with van der Waals surface area (Å²) in [6.45, 7) is 0. The highest BCUT2D eigenvalue weighted by Gasteiger charge is 2.13. The predicted molar refractivity (Wildman–Crippen MR) is 62.4 cm³/mol. The fraction of sp³-hybridized carbons (Fsp3) is 0. The van der Waals surface area contributed by atoms with E-state index < -0.39 is 0 Å². The number of halogens is 1. The van der Waals surface area contributed by atoms with Gasteiger partial charge in [0.25, 0.3) is 5.89 Å². The molecule has 0 radical (unpaired) electrons. The fourth-order valence-electron chi connectivity index (χ4n) is 1.48. The molecule has 0 atom stereocenters. The van der Waals surface area contributed by atoms with Gasteiger partial charge in [-0.05, 0) is 24.3 Å². The first-order valence-electron chi connectivity index (χ1n) is 4.97. The molecule has 0 saturated heterocycles. The van der Waals surface area contributed by atoms with Crippen LogP contribution < -0.4 is 0 Å². The van der Waals surface area contributed by atoms with Crippen molar-refractivity contribution in [2.24, 2.45) is 0 Å². The maximum atomic E-state index is 6.05. The molecule has 0 aliphatic carbocycles. The normalized spacial score (nSPS) is 10.6. The number of benzene rings is 1. The molecule has 0 aliphatic rings. The van der Waals surface area contributed by atoms with E-state index in [1.165, 1.54) is 0 Å². The molecule has 0 fully saturated rings. The van der Waals surface area contributed by atoms with E-state index in [1.807, 2.05) is 18.2 Å². The average molecular weight is 247 g/mol. The van der Waals surface area contributed by atoms with Crippen LogP contribution in [0.25, 0.3) is 23.0 Å². The van der Waals surface area contributed by atoms with Crippen LogP contribution in [0.1, 0.15) is 0 Å². The van der Waals surface area contributed by atoms with Gasteiger partial charge >= 0.3 is 0 Å². The topological polar surface area (TPSA) is 52.1 Å². The Bertz CT molecular complexity index is 632. The molecule has 0 unspecified atom stereocenters. The van der Waals surface area contributed by atoms with Crippen molar-refractivity contribution in [3.63, 3.8) is 0 Å². The lowest BCUT2D eigenvalue weighted by Gasteiger charge is -1.95. The molecular formula is C12H7ClN2O2. The van der Waals surface area contributed by atoms with E-state index in [0.29, 0.717) is 22.5 Å². The fourth-order valence-corrected chi connectivity index (χ4v) is 1.70. The van der Waals surface area contributed by atoms with Crippen molar-refractivity contribution in [2.45, 2.75) is 0 Å². The van der Waals surface area contributed by atoms with Crippen molar-refractivity contribution < 1.29 is 8.94 Å². The van der Waals surface area contributed by atoms with Crippen LogP contribution in [0.2, 0.25) is 5.02 Å². The van der Waals surface area contributed by atoms with Gasteiger partial charge in [-0.1, -0.05) is 28.9 Å². The second-order valence-corrected chi connectivity index (χ2v) is 3.79. The Kier molecular flexibility index (Phi) is 2.42. The Morgan fingerprint density at radius 2 is 1.94 bits per heavy atom. The number of aromatic nitrogens is 2. The Morgan fingerprint density at radius 1 is 1.06 bits per heavy atom. The standard InChI is InChI=1S/C12H7ClN2O2/c13-9-5-2-1-4-8(9)11-14-12(17-15-11)10-6-3-7-16-10/h1-7H. The van der Waals surface area contributed by atoms with Gasteiger partial charge in [0.05, 0.1) is 11.3 Å². The van der Waals surface area contributed by atoms with E-state index in [1.54, 1.807) is 24.5 Å². The van der Waals surface area contributed by atoms with Gasteiger partial charge in [0, 0.05) is 5.56 Å². The Hall–Kier alpha value is -2.07. The molecule has 0 aliphatic heterocycles. The quantitative estimate of drug-likeness (QED) is 0.693. The summed E-state index contributed by atoms with van der Waals surface area (Å²) in [5.41, 5.74) is 0.732. The van der Waals surface area contributed by atoms with E-state index in [4.69, 9.17) is 20.5 Å². The van der Waals surface area contributed by atoms with Gasteiger partial charge in [0.1, 0.15) is 0 Å². The number of nitrogens with zero attached hydrogens (tertiary/aromatic N) is 2. The van der Waals surface area contributed by atoms with Crippen molar-refractivity contribution in [2.75, 3.05) is 0 Å². The summed E-state index contributed by atoms with van der Waals surface area (Å²) in [5.74, 6) is 1.32. The molecule has 1 aromatic carbocycles. The molecule has 0 amide bonds. The zero-order chi connectivity index (χ0) is 11.7. The van der Waals surface area contributed by atoms with E-state index in [9.17, 15) is 0 Å². The second-order valence-electron chi connectivity index (χ2n) is 3.38. The highest BCUT2D eigenvalue weighted by atomic mass is 35.5. The average Bonchev–Trinajstić information content (AvgIpc) is 3.00. The molecule has 2 aromatic heterocycles. The zero-order valence-corrected chi connectivity index (χ0v) is 9.39. The maximum Gasteiger partial charge on any atom is 0.293 e. The molecule has 0 N–H and O–H groups in total. The molecule has 17 heavy (non-hydrogen) atoms. The van der Waals surface area contributed by atoms with Crippen molar-refractivity contribution in [1.29, 1.82) is 0 Å². The third kappa shape index (κ3) is 1.83. The third-order valence-corrected chi connectivity index (χ3v) is 2.60. The first-order chi connectivity index (χ1) is 8.34. The minimum absolute atomic E-state index is 0.338. The molecule has 0 saturated carbocycles. The molecule has 84 valence electrons. The molecule has 0 bridgehead atoms. The van der Waals surface area contributed by atoms with Crippen molar-refractivity contribution in [3.8, 4) is 23.0 Å². The van der Waals surface area contributed by atoms with Crippen LogP contribution in [0.3, 0.4) is 0 Å². The number of furan rings is 1. The summed E-state index contributed by atoms with van der Waals surface area (Å²) in [6, 6.07) is 10.8. The summed E-state index contributed by atoms with van der Waals surface area (Å²) in [6.07, 6.45) is 1.55. The van der Waals surface area contributed by atoms with Gasteiger partial charge in [-0.25, -0.2) is 0 Å². The van der Waals surface area contributed by atoms with Gasteiger partial charge in [0.2, 0.25) is 5.82 Å². The summed E-state index contributed by atoms with van der Waals surface area (Å²) in [5, 5.41) is 4.46. The number of rotatable bonds is 2. The summed E-state index contributed by atoms with van der Waals surface area (Å²) < 4.78 is 10.3. The Morgan fingerprint density at radius 3 is 2.71 bits per heavy atom. The number of hydrogen-bond donors (Lipinski definition) is 0. The lowest BCUT2D eigenvalue weighted by Crippen LogP contribution is -1.81. The predicted octanol–water partition coefficient (Wildman–Crippen LogP) is 3.65. The van der Waals surface area contributed by atoms with Gasteiger partial charge < -0.3 is 8.94 Å². The van der Waals surface area contributed by atoms with Crippen LogP contribution in [-0.4, -0.2) is 10.1 Å². The molecule has 4 nitrogen and oxygen atoms in total. The van der Waals surface area contributed by atoms with Crippen LogP contribution in [0.4, 0.5) is 0 Å². The largest absolute Gasteiger partial charge is 0.459 e. The van der Waals surface area contributed by atoms with Crippen LogP contribution in [-0.2, 0) is 0 Å². The monoisotopic (exact) mass is 246 g/mol. The second kappa shape index (κ2) is 4.07. The zero-order valence-electron chi connectivity index (χ0n) is 8.63. The summed E-state index contributed by atoms with van der Waals surface area (Å²) in [4.78, 5) is 4.23. The van der Waals surface area contributed by atoms with E-state index >= 15 is 0 Å². The molecule has 2 heterocycles. The first kappa shape index (κ1) is 10.1. The molecule has 3 aromatic rings. The minimum atomic E-state index is 0.338. The maximum absolute atomic E-state index is 6.05. The summed E-state index contributed by atoms with van der Waals surface area (Å²) in [7, 11) is 0. The summed E-state index contributed by atoms with van der Waals surface area (Å²) >= 11 is 6.05. The minimum Gasteiger partial charge on any atom is -0.459 e. The lowest BCUT2D eigenvalue weighted by molar-refractivity contribution is 0.417. The molecule has 5 heteroatoms. The lowest BCUT2D eigenvalue weighted by atomic mass is 10.2. The number of hydrogen-bond acceptors (Lipinski definition) is 4. The highest BCUT2D eigenvalue weighted by molar-refractivity contribution is 6.33. The van der Waals surface area contributed by atoms with Gasteiger partial charge in [0.15, 0.2) is 5.76 Å². The van der Waals surface area contributed by atoms with Crippen molar-refractivity contribution >= 4 is 11.6 Å². The third-order valence-electron chi connectivity index (χ3n) is 2.27. The smallest absolute Gasteiger partial charge is 0.293 e. The van der Waals surface area contributed by atoms with Crippen molar-refractivity contribution in [1.82, 2.24) is 10.1 Å². The Balaban J connectivity index is 2.04. The van der Waals surface area contributed by atoms with Crippen LogP contribution in [0.15, 0.2) is 51.6 Å². The Labute approximate surface area is 102 Å². The van der Waals surface area contributed by atoms with E-state index in [2.05, 4.69) is 10.1 Å². The van der Waals surface area contributed by atoms with Gasteiger partial charge in [-0.2, -0.15) is 4.98 Å². The highest BCUT2D eigenvalue weighted by Crippen LogP contribution is 2.27.